The molecule has 0 aliphatic carbocycles. The van der Waals surface area contributed by atoms with Crippen LogP contribution in [0.15, 0.2) is 4.52 Å². The van der Waals surface area contributed by atoms with Crippen molar-refractivity contribution in [2.75, 3.05) is 32.7 Å². The van der Waals surface area contributed by atoms with Crippen molar-refractivity contribution in [2.45, 2.75) is 51.6 Å². The lowest BCUT2D eigenvalue weighted by atomic mass is 9.97. The van der Waals surface area contributed by atoms with E-state index >= 15 is 0 Å². The first kappa shape index (κ1) is 22.2. The number of rotatable bonds is 3. The van der Waals surface area contributed by atoms with Crippen molar-refractivity contribution in [1.82, 2.24) is 25.3 Å². The minimum absolute atomic E-state index is 0. The Bertz CT molecular complexity index is 547. The summed E-state index contributed by atoms with van der Waals surface area (Å²) < 4.78 is 5.34. The fourth-order valence-corrected chi connectivity index (χ4v) is 3.06. The highest BCUT2D eigenvalue weighted by Gasteiger charge is 2.29. The van der Waals surface area contributed by atoms with E-state index in [-0.39, 0.29) is 42.2 Å². The number of hydrogen-bond acceptors (Lipinski definition) is 6. The summed E-state index contributed by atoms with van der Waals surface area (Å²) in [4.78, 5) is 21.1. The van der Waals surface area contributed by atoms with Gasteiger partial charge >= 0.3 is 0 Å². The molecule has 3 heterocycles. The number of carbonyl (C=O) groups excluding carboxylic acids is 1. The summed E-state index contributed by atoms with van der Waals surface area (Å²) in [5, 5.41) is 7.36. The molecule has 2 aliphatic rings. The van der Waals surface area contributed by atoms with Crippen LogP contribution in [0.1, 0.15) is 45.3 Å². The van der Waals surface area contributed by atoms with Crippen LogP contribution in [0.5, 0.6) is 0 Å². The molecule has 144 valence electrons. The van der Waals surface area contributed by atoms with E-state index in [4.69, 9.17) is 4.52 Å². The number of aromatic nitrogens is 2. The normalized spacial score (nSPS) is 21.6. The topological polar surface area (TPSA) is 74.5 Å². The maximum absolute atomic E-state index is 12.4. The van der Waals surface area contributed by atoms with Crippen LogP contribution < -0.4 is 5.32 Å². The van der Waals surface area contributed by atoms with Crippen LogP contribution in [-0.2, 0) is 16.8 Å². The summed E-state index contributed by atoms with van der Waals surface area (Å²) in [6.45, 7) is 11.1. The first-order valence-electron chi connectivity index (χ1n) is 8.51. The van der Waals surface area contributed by atoms with Gasteiger partial charge in [0, 0.05) is 31.6 Å². The number of carbonyl (C=O) groups is 1. The van der Waals surface area contributed by atoms with Gasteiger partial charge in [0.05, 0.1) is 12.6 Å². The zero-order chi connectivity index (χ0) is 16.4. The Kier molecular flexibility index (Phi) is 8.12. The zero-order valence-corrected chi connectivity index (χ0v) is 16.8. The smallest absolute Gasteiger partial charge is 0.239 e. The maximum atomic E-state index is 12.4. The summed E-state index contributed by atoms with van der Waals surface area (Å²) >= 11 is 0. The number of piperazine rings is 1. The molecule has 7 nitrogen and oxygen atoms in total. The van der Waals surface area contributed by atoms with Gasteiger partial charge < -0.3 is 14.7 Å². The summed E-state index contributed by atoms with van der Waals surface area (Å²) in [5.74, 6) is 1.66. The van der Waals surface area contributed by atoms with Gasteiger partial charge in [0.2, 0.25) is 11.8 Å². The molecular formula is C16H29Cl2N5O2. The molecule has 1 N–H and O–H groups in total. The van der Waals surface area contributed by atoms with Crippen LogP contribution in [0.25, 0.3) is 0 Å². The van der Waals surface area contributed by atoms with E-state index in [2.05, 4.69) is 41.1 Å². The van der Waals surface area contributed by atoms with Gasteiger partial charge in [-0.05, 0) is 19.4 Å². The lowest BCUT2D eigenvalue weighted by molar-refractivity contribution is -0.134. The Morgan fingerprint density at radius 2 is 1.92 bits per heavy atom. The van der Waals surface area contributed by atoms with Crippen molar-refractivity contribution in [1.29, 1.82) is 0 Å². The quantitative estimate of drug-likeness (QED) is 0.840. The van der Waals surface area contributed by atoms with Crippen LogP contribution in [-0.4, -0.2) is 64.6 Å². The van der Waals surface area contributed by atoms with Crippen LogP contribution in [0, 0.1) is 0 Å². The minimum atomic E-state index is -0.120. The average Bonchev–Trinajstić information content (AvgIpc) is 3.18. The lowest BCUT2D eigenvalue weighted by Gasteiger charge is -2.35. The van der Waals surface area contributed by atoms with E-state index < -0.39 is 0 Å². The molecule has 2 aliphatic heterocycles. The van der Waals surface area contributed by atoms with Crippen molar-refractivity contribution >= 4 is 30.7 Å². The molecule has 2 saturated heterocycles. The van der Waals surface area contributed by atoms with E-state index in [1.54, 1.807) is 0 Å². The number of hydrogen-bond donors (Lipinski definition) is 1. The van der Waals surface area contributed by atoms with Gasteiger partial charge in [0.25, 0.3) is 0 Å². The van der Waals surface area contributed by atoms with E-state index in [9.17, 15) is 4.79 Å². The molecule has 3 rings (SSSR count). The average molecular weight is 394 g/mol. The molecular weight excluding hydrogens is 365 g/mol. The number of halogens is 2. The molecule has 0 saturated carbocycles. The van der Waals surface area contributed by atoms with Gasteiger partial charge in [-0.1, -0.05) is 25.9 Å². The second-order valence-electron chi connectivity index (χ2n) is 7.52. The van der Waals surface area contributed by atoms with Gasteiger partial charge in [-0.2, -0.15) is 4.98 Å². The standard InChI is InChI=1S/C16H27N5O2.2ClH/c1-16(2,3)15-18-13(19-23-15)11-20-7-9-21(10-8-20)14(22)12-5-4-6-17-12;;/h12,17H,4-11H2,1-3H3;2*1H. The molecule has 2 fully saturated rings. The Morgan fingerprint density at radius 3 is 2.44 bits per heavy atom. The van der Waals surface area contributed by atoms with E-state index in [1.165, 1.54) is 0 Å². The van der Waals surface area contributed by atoms with Gasteiger partial charge in [-0.25, -0.2) is 0 Å². The largest absolute Gasteiger partial charge is 0.339 e. The predicted octanol–water partition coefficient (Wildman–Crippen LogP) is 1.61. The first-order valence-corrected chi connectivity index (χ1v) is 8.51. The highest BCUT2D eigenvalue weighted by Crippen LogP contribution is 2.20. The third kappa shape index (κ3) is 5.54. The number of nitrogens with zero attached hydrogens (tertiary/aromatic N) is 4. The molecule has 9 heteroatoms. The zero-order valence-electron chi connectivity index (χ0n) is 15.2. The summed E-state index contributed by atoms with van der Waals surface area (Å²) in [7, 11) is 0. The molecule has 1 atom stereocenters. The summed E-state index contributed by atoms with van der Waals surface area (Å²) in [6.07, 6.45) is 2.07. The van der Waals surface area contributed by atoms with Crippen molar-refractivity contribution in [3.63, 3.8) is 0 Å². The van der Waals surface area contributed by atoms with Crippen LogP contribution in [0.4, 0.5) is 0 Å². The minimum Gasteiger partial charge on any atom is -0.339 e. The third-order valence-corrected chi connectivity index (χ3v) is 4.52. The van der Waals surface area contributed by atoms with Crippen molar-refractivity contribution in [3.8, 4) is 0 Å². The van der Waals surface area contributed by atoms with Crippen LogP contribution in [0.3, 0.4) is 0 Å². The monoisotopic (exact) mass is 393 g/mol. The van der Waals surface area contributed by atoms with E-state index in [0.29, 0.717) is 12.4 Å². The van der Waals surface area contributed by atoms with E-state index in [1.807, 2.05) is 4.90 Å². The van der Waals surface area contributed by atoms with E-state index in [0.717, 1.165) is 51.4 Å². The van der Waals surface area contributed by atoms with Gasteiger partial charge in [-0.3, -0.25) is 9.69 Å². The molecule has 0 spiro atoms. The molecule has 1 aromatic rings. The maximum Gasteiger partial charge on any atom is 0.239 e. The van der Waals surface area contributed by atoms with Crippen LogP contribution >= 0.6 is 24.8 Å². The number of amides is 1. The number of nitrogens with one attached hydrogen (secondary N) is 1. The Labute approximate surface area is 161 Å². The molecule has 0 radical (unpaired) electrons. The van der Waals surface area contributed by atoms with Gasteiger partial charge in [0.1, 0.15) is 0 Å². The Morgan fingerprint density at radius 1 is 1.24 bits per heavy atom. The fourth-order valence-electron chi connectivity index (χ4n) is 3.06. The summed E-state index contributed by atoms with van der Waals surface area (Å²) in [6, 6.07) is 0.0353. The summed E-state index contributed by atoms with van der Waals surface area (Å²) in [5.41, 5.74) is -0.120. The van der Waals surface area contributed by atoms with Crippen LogP contribution in [0.2, 0.25) is 0 Å². The first-order chi connectivity index (χ1) is 10.9. The fraction of sp³-hybridized carbons (Fsp3) is 0.812. The predicted molar refractivity (Wildman–Crippen MR) is 100 cm³/mol. The van der Waals surface area contributed by atoms with Crippen molar-refractivity contribution in [3.05, 3.63) is 11.7 Å². The Hall–Kier alpha value is -0.890. The second kappa shape index (κ2) is 9.16. The molecule has 0 aromatic carbocycles. The highest BCUT2D eigenvalue weighted by atomic mass is 35.5. The molecule has 0 bridgehead atoms. The molecule has 25 heavy (non-hydrogen) atoms. The van der Waals surface area contributed by atoms with Crippen molar-refractivity contribution in [2.24, 2.45) is 0 Å². The SMILES string of the molecule is CC(C)(C)c1nc(CN2CCN(C(=O)C3CCCN3)CC2)no1.Cl.Cl. The highest BCUT2D eigenvalue weighted by molar-refractivity contribution is 5.85. The Balaban J connectivity index is 0.00000156. The second-order valence-corrected chi connectivity index (χ2v) is 7.52. The van der Waals surface area contributed by atoms with Crippen molar-refractivity contribution < 1.29 is 9.32 Å². The lowest BCUT2D eigenvalue weighted by Crippen LogP contribution is -2.52. The third-order valence-electron chi connectivity index (χ3n) is 4.52. The van der Waals surface area contributed by atoms with Gasteiger partial charge in [0.15, 0.2) is 5.82 Å². The van der Waals surface area contributed by atoms with Gasteiger partial charge in [-0.15, -0.1) is 24.8 Å². The molecule has 1 amide bonds. The molecule has 1 aromatic heterocycles. The molecule has 1 unspecified atom stereocenters.